The number of hydrogen-bond acceptors (Lipinski definition) is 7. The average Bonchev–Trinajstić information content (AvgIpc) is 3.14. The van der Waals surface area contributed by atoms with Crippen LogP contribution in [0.4, 0.5) is 9.59 Å². The molecule has 2 aromatic rings. The van der Waals surface area contributed by atoms with E-state index in [4.69, 9.17) is 9.47 Å². The van der Waals surface area contributed by atoms with E-state index in [1.54, 1.807) is 0 Å². The first-order valence-electron chi connectivity index (χ1n) is 5.65. The summed E-state index contributed by atoms with van der Waals surface area (Å²) in [6.07, 6.45) is 5.73. The quantitative estimate of drug-likeness (QED) is 0.846. The van der Waals surface area contributed by atoms with E-state index in [0.717, 1.165) is 9.13 Å². The van der Waals surface area contributed by atoms with Gasteiger partial charge in [0.1, 0.15) is 32.0 Å². The number of aromatic nitrogens is 4. The molecule has 20 heavy (non-hydrogen) atoms. The lowest BCUT2D eigenvalue weighted by molar-refractivity contribution is 0.0233. The Morgan fingerprint density at radius 1 is 1.00 bits per heavy atom. The first kappa shape index (κ1) is 13.7. The Kier molecular flexibility index (Phi) is 4.45. The van der Waals surface area contributed by atoms with Gasteiger partial charge < -0.3 is 14.6 Å². The van der Waals surface area contributed by atoms with Crippen molar-refractivity contribution >= 4 is 12.2 Å². The van der Waals surface area contributed by atoms with E-state index in [2.05, 4.69) is 9.97 Å². The Morgan fingerprint density at radius 2 is 1.45 bits per heavy atom. The third kappa shape index (κ3) is 3.65. The number of nitrogens with zero attached hydrogens (tertiary/aromatic N) is 4. The van der Waals surface area contributed by atoms with Crippen LogP contribution in [-0.4, -0.2) is 55.7 Å². The van der Waals surface area contributed by atoms with Crippen molar-refractivity contribution in [3.8, 4) is 0 Å². The molecule has 1 N–H and O–H groups in total. The summed E-state index contributed by atoms with van der Waals surface area (Å²) in [4.78, 5) is 30.2. The molecule has 0 unspecified atom stereocenters. The number of ether oxygens (including phenoxy) is 2. The van der Waals surface area contributed by atoms with E-state index >= 15 is 0 Å². The van der Waals surface area contributed by atoms with Crippen molar-refractivity contribution in [2.45, 2.75) is 6.10 Å². The lowest BCUT2D eigenvalue weighted by Gasteiger charge is -2.11. The number of aliphatic hydroxyl groups excluding tert-OH is 1. The smallest absolute Gasteiger partial charge is 0.419 e. The summed E-state index contributed by atoms with van der Waals surface area (Å²) in [5, 5.41) is 9.54. The van der Waals surface area contributed by atoms with Crippen LogP contribution in [0.5, 0.6) is 0 Å². The minimum absolute atomic E-state index is 0.297. The Bertz CT molecular complexity index is 501. The van der Waals surface area contributed by atoms with Crippen molar-refractivity contribution in [2.75, 3.05) is 13.2 Å². The summed E-state index contributed by atoms with van der Waals surface area (Å²) < 4.78 is 11.8. The number of carbonyl (C=O) groups excluding carboxylic acids is 2. The maximum Gasteiger partial charge on any atom is 0.419 e. The fourth-order valence-electron chi connectivity index (χ4n) is 1.27. The van der Waals surface area contributed by atoms with Crippen LogP contribution in [0.3, 0.4) is 0 Å². The maximum absolute atomic E-state index is 11.4. The molecule has 0 saturated carbocycles. The van der Waals surface area contributed by atoms with Crippen LogP contribution >= 0.6 is 0 Å². The molecule has 2 aromatic heterocycles. The van der Waals surface area contributed by atoms with Crippen LogP contribution in [0, 0.1) is 0 Å². The summed E-state index contributed by atoms with van der Waals surface area (Å²) in [5.74, 6) is 0. The average molecular weight is 280 g/mol. The molecule has 0 aliphatic carbocycles. The minimum atomic E-state index is -1.12. The highest BCUT2D eigenvalue weighted by Gasteiger charge is 2.13. The lowest BCUT2D eigenvalue weighted by atomic mass is 10.4. The van der Waals surface area contributed by atoms with Crippen LogP contribution in [0.1, 0.15) is 0 Å². The van der Waals surface area contributed by atoms with Gasteiger partial charge in [-0.1, -0.05) is 0 Å². The first-order valence-corrected chi connectivity index (χ1v) is 5.65. The zero-order chi connectivity index (χ0) is 14.4. The van der Waals surface area contributed by atoms with Crippen molar-refractivity contribution in [2.24, 2.45) is 0 Å². The van der Waals surface area contributed by atoms with E-state index in [1.165, 1.54) is 37.4 Å². The Hall–Kier alpha value is -2.68. The van der Waals surface area contributed by atoms with Gasteiger partial charge in [-0.15, -0.1) is 0 Å². The maximum atomic E-state index is 11.4. The zero-order valence-electron chi connectivity index (χ0n) is 10.3. The lowest BCUT2D eigenvalue weighted by Crippen LogP contribution is -2.27. The number of rotatable bonds is 4. The van der Waals surface area contributed by atoms with E-state index in [0.29, 0.717) is 0 Å². The molecule has 0 aromatic carbocycles. The number of carbonyl (C=O) groups is 2. The van der Waals surface area contributed by atoms with Crippen LogP contribution in [0.2, 0.25) is 0 Å². The Labute approximate surface area is 113 Å². The van der Waals surface area contributed by atoms with Gasteiger partial charge in [0.2, 0.25) is 0 Å². The van der Waals surface area contributed by atoms with Gasteiger partial charge in [0.15, 0.2) is 0 Å². The predicted molar refractivity (Wildman–Crippen MR) is 64.0 cm³/mol. The van der Waals surface area contributed by atoms with Gasteiger partial charge in [-0.25, -0.2) is 28.7 Å². The molecule has 9 nitrogen and oxygen atoms in total. The fourth-order valence-corrected chi connectivity index (χ4v) is 1.27. The van der Waals surface area contributed by atoms with Crippen molar-refractivity contribution in [1.82, 2.24) is 19.1 Å². The molecule has 0 aliphatic rings. The molecule has 0 amide bonds. The topological polar surface area (TPSA) is 108 Å². The summed E-state index contributed by atoms with van der Waals surface area (Å²) in [5.41, 5.74) is 0. The Balaban J connectivity index is 1.69. The SMILES string of the molecule is O=C(OCC(O)COC(=O)n1ccnc1)n1ccnc1. The molecule has 0 aliphatic heterocycles. The number of aliphatic hydroxyl groups is 1. The molecule has 0 bridgehead atoms. The van der Waals surface area contributed by atoms with Gasteiger partial charge in [0.25, 0.3) is 0 Å². The molecule has 0 spiro atoms. The van der Waals surface area contributed by atoms with Crippen LogP contribution in [-0.2, 0) is 9.47 Å². The molecule has 0 radical (unpaired) electrons. The summed E-state index contributed by atoms with van der Waals surface area (Å²) in [7, 11) is 0. The highest BCUT2D eigenvalue weighted by molar-refractivity contribution is 5.70. The molecule has 0 atom stereocenters. The Morgan fingerprint density at radius 3 is 1.80 bits per heavy atom. The summed E-state index contributed by atoms with van der Waals surface area (Å²) in [6, 6.07) is 0. The number of imidazole rings is 2. The first-order chi connectivity index (χ1) is 9.66. The number of hydrogen-bond donors (Lipinski definition) is 1. The standard InChI is InChI=1S/C11H12N4O5/c16-9(5-19-10(17)14-3-1-12-7-14)6-20-11(18)15-4-2-13-8-15/h1-4,7-9,16H,5-6H2. The van der Waals surface area contributed by atoms with Crippen molar-refractivity contribution in [1.29, 1.82) is 0 Å². The second-order valence-corrected chi connectivity index (χ2v) is 3.75. The molecular weight excluding hydrogens is 268 g/mol. The van der Waals surface area contributed by atoms with Gasteiger partial charge in [-0.2, -0.15) is 0 Å². The van der Waals surface area contributed by atoms with Gasteiger partial charge in [0.05, 0.1) is 0 Å². The van der Waals surface area contributed by atoms with E-state index in [9.17, 15) is 14.7 Å². The highest BCUT2D eigenvalue weighted by Crippen LogP contribution is 1.96. The molecule has 0 saturated heterocycles. The monoisotopic (exact) mass is 280 g/mol. The molecule has 9 heteroatoms. The van der Waals surface area contributed by atoms with Crippen LogP contribution in [0.25, 0.3) is 0 Å². The minimum Gasteiger partial charge on any atom is -0.446 e. The predicted octanol–water partition coefficient (Wildman–Crippen LogP) is 0.110. The normalized spacial score (nSPS) is 10.5. The largest absolute Gasteiger partial charge is 0.446 e. The third-order valence-electron chi connectivity index (χ3n) is 2.23. The molecule has 2 rings (SSSR count). The van der Waals surface area contributed by atoms with Gasteiger partial charge >= 0.3 is 12.2 Å². The third-order valence-corrected chi connectivity index (χ3v) is 2.23. The second-order valence-electron chi connectivity index (χ2n) is 3.75. The van der Waals surface area contributed by atoms with Gasteiger partial charge in [0, 0.05) is 24.8 Å². The summed E-state index contributed by atoms with van der Waals surface area (Å²) >= 11 is 0. The molecular formula is C11H12N4O5. The van der Waals surface area contributed by atoms with Crippen molar-refractivity contribution in [3.63, 3.8) is 0 Å². The van der Waals surface area contributed by atoms with Gasteiger partial charge in [-0.05, 0) is 0 Å². The summed E-state index contributed by atoms with van der Waals surface area (Å²) in [6.45, 7) is -0.595. The fraction of sp³-hybridized carbons (Fsp3) is 0.273. The molecule has 0 fully saturated rings. The zero-order valence-corrected chi connectivity index (χ0v) is 10.3. The highest BCUT2D eigenvalue weighted by atomic mass is 16.6. The van der Waals surface area contributed by atoms with Crippen molar-refractivity contribution in [3.05, 3.63) is 37.4 Å². The molecule has 2 heterocycles. The van der Waals surface area contributed by atoms with Crippen LogP contribution in [0.15, 0.2) is 37.4 Å². The van der Waals surface area contributed by atoms with E-state index in [-0.39, 0.29) is 13.2 Å². The van der Waals surface area contributed by atoms with Gasteiger partial charge in [-0.3, -0.25) is 0 Å². The van der Waals surface area contributed by atoms with E-state index in [1.807, 2.05) is 0 Å². The second kappa shape index (κ2) is 6.48. The van der Waals surface area contributed by atoms with Crippen LogP contribution < -0.4 is 0 Å². The van der Waals surface area contributed by atoms with E-state index < -0.39 is 18.3 Å². The molecule has 106 valence electrons. The van der Waals surface area contributed by atoms with Crippen molar-refractivity contribution < 1.29 is 24.2 Å².